The molecule has 0 radical (unpaired) electrons. The zero-order valence-corrected chi connectivity index (χ0v) is 12.8. The van der Waals surface area contributed by atoms with Crippen LogP contribution in [-0.2, 0) is 6.42 Å². The van der Waals surface area contributed by atoms with Crippen LogP contribution in [0.4, 0.5) is 11.4 Å². The van der Waals surface area contributed by atoms with E-state index in [0.29, 0.717) is 12.2 Å². The van der Waals surface area contributed by atoms with Gasteiger partial charge in [0.1, 0.15) is 5.60 Å². The SMILES string of the molecule is CN1CCN(c2ccc([N+](=O)[O-])c3c2CC(C)(C)O3)CC1. The number of hydrogen-bond donors (Lipinski definition) is 0. The quantitative estimate of drug-likeness (QED) is 0.616. The summed E-state index contributed by atoms with van der Waals surface area (Å²) in [5.41, 5.74) is 1.77. The van der Waals surface area contributed by atoms with Gasteiger partial charge in [-0.1, -0.05) is 0 Å². The van der Waals surface area contributed by atoms with Crippen LogP contribution < -0.4 is 9.64 Å². The van der Waals surface area contributed by atoms with Crippen molar-refractivity contribution in [2.24, 2.45) is 0 Å². The van der Waals surface area contributed by atoms with Crippen LogP contribution in [0, 0.1) is 10.1 Å². The number of piperazine rings is 1. The smallest absolute Gasteiger partial charge is 0.311 e. The number of likely N-dealkylation sites (N-methyl/N-ethyl adjacent to an activating group) is 1. The van der Waals surface area contributed by atoms with Gasteiger partial charge in [0.05, 0.1) is 4.92 Å². The van der Waals surface area contributed by atoms with Crippen molar-refractivity contribution in [1.82, 2.24) is 4.90 Å². The molecule has 21 heavy (non-hydrogen) atoms. The van der Waals surface area contributed by atoms with E-state index in [1.165, 1.54) is 0 Å². The molecule has 1 saturated heterocycles. The van der Waals surface area contributed by atoms with Crippen molar-refractivity contribution in [2.75, 3.05) is 38.1 Å². The van der Waals surface area contributed by atoms with E-state index in [4.69, 9.17) is 4.74 Å². The minimum absolute atomic E-state index is 0.0773. The summed E-state index contributed by atoms with van der Waals surface area (Å²) in [5, 5.41) is 11.2. The van der Waals surface area contributed by atoms with Crippen molar-refractivity contribution < 1.29 is 9.66 Å². The van der Waals surface area contributed by atoms with Gasteiger partial charge in [0.15, 0.2) is 0 Å². The van der Waals surface area contributed by atoms with Gasteiger partial charge in [-0.25, -0.2) is 0 Å². The van der Waals surface area contributed by atoms with Gasteiger partial charge in [-0.2, -0.15) is 0 Å². The molecule has 0 atom stereocenters. The fourth-order valence-corrected chi connectivity index (χ4v) is 3.12. The van der Waals surface area contributed by atoms with E-state index in [0.717, 1.165) is 37.4 Å². The lowest BCUT2D eigenvalue weighted by Crippen LogP contribution is -2.44. The van der Waals surface area contributed by atoms with Gasteiger partial charge in [-0.3, -0.25) is 10.1 Å². The van der Waals surface area contributed by atoms with Gasteiger partial charge in [0, 0.05) is 49.9 Å². The number of nitro groups is 1. The topological polar surface area (TPSA) is 58.9 Å². The number of hydrogen-bond acceptors (Lipinski definition) is 5. The molecule has 0 N–H and O–H groups in total. The Hall–Kier alpha value is -1.82. The number of ether oxygens (including phenoxy) is 1. The molecule has 1 aromatic rings. The Balaban J connectivity index is 2.00. The van der Waals surface area contributed by atoms with Crippen LogP contribution >= 0.6 is 0 Å². The van der Waals surface area contributed by atoms with Gasteiger partial charge in [0.25, 0.3) is 0 Å². The third-order valence-electron chi connectivity index (χ3n) is 4.24. The van der Waals surface area contributed by atoms with E-state index < -0.39 is 0 Å². The van der Waals surface area contributed by atoms with Crippen LogP contribution in [0.1, 0.15) is 19.4 Å². The highest BCUT2D eigenvalue weighted by Gasteiger charge is 2.38. The van der Waals surface area contributed by atoms with Crippen molar-refractivity contribution in [2.45, 2.75) is 25.9 Å². The summed E-state index contributed by atoms with van der Waals surface area (Å²) in [6.45, 7) is 7.86. The Morgan fingerprint density at radius 2 is 1.90 bits per heavy atom. The molecule has 6 nitrogen and oxygen atoms in total. The van der Waals surface area contributed by atoms with Gasteiger partial charge in [0.2, 0.25) is 5.75 Å². The first-order chi connectivity index (χ1) is 9.87. The largest absolute Gasteiger partial charge is 0.480 e. The Labute approximate surface area is 124 Å². The maximum absolute atomic E-state index is 11.2. The molecule has 2 aliphatic heterocycles. The highest BCUT2D eigenvalue weighted by Crippen LogP contribution is 2.46. The van der Waals surface area contributed by atoms with Crippen LogP contribution in [0.2, 0.25) is 0 Å². The van der Waals surface area contributed by atoms with Gasteiger partial charge in [-0.05, 0) is 27.0 Å². The van der Waals surface area contributed by atoms with Crippen LogP contribution in [0.25, 0.3) is 0 Å². The number of benzene rings is 1. The minimum Gasteiger partial charge on any atom is -0.480 e. The molecule has 0 bridgehead atoms. The average molecular weight is 291 g/mol. The molecule has 0 unspecified atom stereocenters. The third-order valence-corrected chi connectivity index (χ3v) is 4.24. The maximum Gasteiger partial charge on any atom is 0.311 e. The van der Waals surface area contributed by atoms with Crippen LogP contribution in [0.5, 0.6) is 5.75 Å². The molecule has 1 aromatic carbocycles. The van der Waals surface area contributed by atoms with Crippen LogP contribution in [-0.4, -0.2) is 48.7 Å². The van der Waals surface area contributed by atoms with E-state index in [1.807, 2.05) is 19.9 Å². The fraction of sp³-hybridized carbons (Fsp3) is 0.600. The summed E-state index contributed by atoms with van der Waals surface area (Å²) in [6, 6.07) is 3.46. The van der Waals surface area contributed by atoms with Crippen molar-refractivity contribution in [3.05, 3.63) is 27.8 Å². The zero-order valence-electron chi connectivity index (χ0n) is 12.8. The number of nitrogens with zero attached hydrogens (tertiary/aromatic N) is 3. The highest BCUT2D eigenvalue weighted by molar-refractivity contribution is 5.68. The predicted octanol–water partition coefficient (Wildman–Crippen LogP) is 2.06. The van der Waals surface area contributed by atoms with Crippen molar-refractivity contribution in [3.8, 4) is 5.75 Å². The van der Waals surface area contributed by atoms with E-state index in [-0.39, 0.29) is 16.2 Å². The molecule has 0 saturated carbocycles. The minimum atomic E-state index is -0.379. The molecule has 2 heterocycles. The summed E-state index contributed by atoms with van der Waals surface area (Å²) >= 11 is 0. The second-order valence-corrected chi connectivity index (χ2v) is 6.50. The van der Waals surface area contributed by atoms with Gasteiger partial charge in [-0.15, -0.1) is 0 Å². The first kappa shape index (κ1) is 14.1. The summed E-state index contributed by atoms with van der Waals surface area (Å²) in [4.78, 5) is 15.5. The molecule has 0 spiro atoms. The Bertz CT molecular complexity index is 578. The Morgan fingerprint density at radius 3 is 2.52 bits per heavy atom. The normalized spacial score (nSPS) is 21.0. The lowest BCUT2D eigenvalue weighted by atomic mass is 9.99. The average Bonchev–Trinajstić information content (AvgIpc) is 2.73. The summed E-state index contributed by atoms with van der Waals surface area (Å²) in [7, 11) is 2.11. The molecule has 0 aromatic heterocycles. The molecule has 0 aliphatic carbocycles. The summed E-state index contributed by atoms with van der Waals surface area (Å²) in [6.07, 6.45) is 0.714. The van der Waals surface area contributed by atoms with E-state index in [1.54, 1.807) is 6.07 Å². The Morgan fingerprint density at radius 1 is 1.24 bits per heavy atom. The van der Waals surface area contributed by atoms with E-state index >= 15 is 0 Å². The third kappa shape index (κ3) is 2.55. The summed E-state index contributed by atoms with van der Waals surface area (Å²) in [5.74, 6) is 0.460. The second kappa shape index (κ2) is 4.87. The van der Waals surface area contributed by atoms with Crippen molar-refractivity contribution in [3.63, 3.8) is 0 Å². The van der Waals surface area contributed by atoms with Crippen LogP contribution in [0.15, 0.2) is 12.1 Å². The molecular weight excluding hydrogens is 270 g/mol. The Kier molecular flexibility index (Phi) is 3.28. The van der Waals surface area contributed by atoms with E-state index in [2.05, 4.69) is 16.8 Å². The molecule has 6 heteroatoms. The molecule has 0 amide bonds. The standard InChI is InChI=1S/C15H21N3O3/c1-15(2)10-11-12(17-8-6-16(3)7-9-17)4-5-13(18(19)20)14(11)21-15/h4-5H,6-10H2,1-3H3. The maximum atomic E-state index is 11.2. The highest BCUT2D eigenvalue weighted by atomic mass is 16.6. The molecule has 114 valence electrons. The lowest BCUT2D eigenvalue weighted by Gasteiger charge is -2.34. The lowest BCUT2D eigenvalue weighted by molar-refractivity contribution is -0.386. The number of nitro benzene ring substituents is 1. The fourth-order valence-electron chi connectivity index (χ4n) is 3.12. The monoisotopic (exact) mass is 291 g/mol. The van der Waals surface area contributed by atoms with Gasteiger partial charge >= 0.3 is 5.69 Å². The van der Waals surface area contributed by atoms with Crippen molar-refractivity contribution in [1.29, 1.82) is 0 Å². The molecule has 2 aliphatic rings. The zero-order chi connectivity index (χ0) is 15.2. The molecular formula is C15H21N3O3. The number of fused-ring (bicyclic) bond motifs is 1. The first-order valence-electron chi connectivity index (χ1n) is 7.30. The number of rotatable bonds is 2. The van der Waals surface area contributed by atoms with Crippen LogP contribution in [0.3, 0.4) is 0 Å². The van der Waals surface area contributed by atoms with E-state index in [9.17, 15) is 10.1 Å². The molecule has 3 rings (SSSR count). The van der Waals surface area contributed by atoms with Gasteiger partial charge < -0.3 is 14.5 Å². The summed E-state index contributed by atoms with van der Waals surface area (Å²) < 4.78 is 5.86. The predicted molar refractivity (Wildman–Crippen MR) is 81.2 cm³/mol. The second-order valence-electron chi connectivity index (χ2n) is 6.50. The first-order valence-corrected chi connectivity index (χ1v) is 7.30. The number of anilines is 1. The molecule has 1 fully saturated rings. The van der Waals surface area contributed by atoms with Crippen molar-refractivity contribution >= 4 is 11.4 Å².